The molecular weight excluding hydrogens is 234 g/mol. The number of rotatable bonds is 4. The summed E-state index contributed by atoms with van der Waals surface area (Å²) in [6.07, 6.45) is 1.49. The van der Waals surface area contributed by atoms with Gasteiger partial charge in [0.2, 0.25) is 0 Å². The van der Waals surface area contributed by atoms with Crippen molar-refractivity contribution in [2.24, 2.45) is 5.16 Å². The van der Waals surface area contributed by atoms with Crippen molar-refractivity contribution in [1.82, 2.24) is 8.75 Å². The van der Waals surface area contributed by atoms with Gasteiger partial charge in [-0.3, -0.25) is 0 Å². The maximum absolute atomic E-state index is 9.03. The Bertz CT molecular complexity index is 507. The van der Waals surface area contributed by atoms with Crippen LogP contribution in [0.15, 0.2) is 35.5 Å². The molecule has 0 fully saturated rings. The largest absolute Gasteiger partial charge is 0.411 e. The molecule has 17 heavy (non-hydrogen) atoms. The summed E-state index contributed by atoms with van der Waals surface area (Å²) in [6, 6.07) is 10.1. The molecule has 2 rings (SSSR count). The van der Waals surface area contributed by atoms with E-state index in [1.807, 2.05) is 25.1 Å². The topological polar surface area (TPSA) is 58.4 Å². The highest BCUT2D eigenvalue weighted by atomic mass is 32.1. The zero-order valence-corrected chi connectivity index (χ0v) is 10.3. The summed E-state index contributed by atoms with van der Waals surface area (Å²) in [6.45, 7) is 1.87. The fraction of sp³-hybridized carbons (Fsp3) is 0.250. The van der Waals surface area contributed by atoms with Gasteiger partial charge in [0.15, 0.2) is 0 Å². The zero-order chi connectivity index (χ0) is 12.1. The van der Waals surface area contributed by atoms with Crippen molar-refractivity contribution in [3.8, 4) is 0 Å². The van der Waals surface area contributed by atoms with Gasteiger partial charge in [0.1, 0.15) is 11.4 Å². The fourth-order valence-corrected chi connectivity index (χ4v) is 2.19. The van der Waals surface area contributed by atoms with Crippen LogP contribution < -0.4 is 0 Å². The lowest BCUT2D eigenvalue weighted by molar-refractivity contribution is 0.318. The van der Waals surface area contributed by atoms with E-state index in [2.05, 4.69) is 26.0 Å². The third-order valence-electron chi connectivity index (χ3n) is 2.54. The molecule has 1 N–H and O–H groups in total. The number of aryl methyl sites for hydroxylation is 2. The van der Waals surface area contributed by atoms with Gasteiger partial charge in [-0.25, -0.2) is 0 Å². The summed E-state index contributed by atoms with van der Waals surface area (Å²) in [4.78, 5) is 0. The predicted molar refractivity (Wildman–Crippen MR) is 67.7 cm³/mol. The normalized spacial score (nSPS) is 11.7. The summed E-state index contributed by atoms with van der Waals surface area (Å²) in [5.74, 6) is 0. The molecule has 1 aromatic heterocycles. The highest BCUT2D eigenvalue weighted by Crippen LogP contribution is 2.11. The summed E-state index contributed by atoms with van der Waals surface area (Å²) in [5, 5.41) is 12.4. The first-order valence-corrected chi connectivity index (χ1v) is 6.08. The summed E-state index contributed by atoms with van der Waals surface area (Å²) in [7, 11) is 0. The van der Waals surface area contributed by atoms with Crippen molar-refractivity contribution in [3.63, 3.8) is 0 Å². The van der Waals surface area contributed by atoms with Crippen LogP contribution in [-0.2, 0) is 6.42 Å². The summed E-state index contributed by atoms with van der Waals surface area (Å²) >= 11 is 1.14. The van der Waals surface area contributed by atoms with E-state index >= 15 is 0 Å². The van der Waals surface area contributed by atoms with Gasteiger partial charge in [0.25, 0.3) is 0 Å². The van der Waals surface area contributed by atoms with Crippen LogP contribution in [0, 0.1) is 6.92 Å². The third kappa shape index (κ3) is 2.88. The number of hydrogen-bond donors (Lipinski definition) is 1. The molecule has 0 amide bonds. The Labute approximate surface area is 104 Å². The number of aromatic nitrogens is 2. The van der Waals surface area contributed by atoms with E-state index in [1.54, 1.807) is 0 Å². The molecule has 0 saturated carbocycles. The lowest BCUT2D eigenvalue weighted by Gasteiger charge is -2.02. The second-order valence-electron chi connectivity index (χ2n) is 3.73. The Morgan fingerprint density at radius 3 is 2.65 bits per heavy atom. The maximum Gasteiger partial charge on any atom is 0.125 e. The van der Waals surface area contributed by atoms with Crippen LogP contribution in [0.3, 0.4) is 0 Å². The Morgan fingerprint density at radius 2 is 2.06 bits per heavy atom. The lowest BCUT2D eigenvalue weighted by atomic mass is 10.1. The molecule has 0 radical (unpaired) electrons. The van der Waals surface area contributed by atoms with Crippen molar-refractivity contribution in [2.45, 2.75) is 19.8 Å². The van der Waals surface area contributed by atoms with Crippen LogP contribution in [0.25, 0.3) is 0 Å². The minimum absolute atomic E-state index is 0.597. The van der Waals surface area contributed by atoms with Gasteiger partial charge >= 0.3 is 0 Å². The van der Waals surface area contributed by atoms with Crippen LogP contribution >= 0.6 is 11.7 Å². The molecular formula is C12H13N3OS. The number of nitrogens with zero attached hydrogens (tertiary/aromatic N) is 3. The van der Waals surface area contributed by atoms with Crippen LogP contribution in [-0.4, -0.2) is 19.7 Å². The van der Waals surface area contributed by atoms with Gasteiger partial charge in [-0.15, -0.1) is 0 Å². The summed E-state index contributed by atoms with van der Waals surface area (Å²) < 4.78 is 8.22. The van der Waals surface area contributed by atoms with Gasteiger partial charge in [0, 0.05) is 0 Å². The Morgan fingerprint density at radius 1 is 1.29 bits per heavy atom. The van der Waals surface area contributed by atoms with Gasteiger partial charge in [-0.2, -0.15) is 8.75 Å². The molecule has 0 atom stereocenters. The number of hydrogen-bond acceptors (Lipinski definition) is 5. The highest BCUT2D eigenvalue weighted by molar-refractivity contribution is 6.99. The van der Waals surface area contributed by atoms with E-state index < -0.39 is 0 Å². The Kier molecular flexibility index (Phi) is 3.82. The van der Waals surface area contributed by atoms with E-state index in [0.717, 1.165) is 23.8 Å². The predicted octanol–water partition coefficient (Wildman–Crippen LogP) is 2.66. The van der Waals surface area contributed by atoms with Crippen molar-refractivity contribution in [1.29, 1.82) is 0 Å². The van der Waals surface area contributed by atoms with Gasteiger partial charge in [-0.05, 0) is 25.3 Å². The minimum Gasteiger partial charge on any atom is -0.411 e. The fourth-order valence-electron chi connectivity index (χ4n) is 1.62. The minimum atomic E-state index is 0.597. The third-order valence-corrected chi connectivity index (χ3v) is 3.16. The van der Waals surface area contributed by atoms with E-state index in [-0.39, 0.29) is 0 Å². The second kappa shape index (κ2) is 5.54. The standard InChI is InChI=1S/C12H13N3OS/c1-9-12(15-17-14-9)11(13-16)8-7-10-5-3-2-4-6-10/h2-6,16H,7-8H2,1H3/b13-11-. The molecule has 0 unspecified atom stereocenters. The molecule has 0 saturated heterocycles. The van der Waals surface area contributed by atoms with Gasteiger partial charge < -0.3 is 5.21 Å². The highest BCUT2D eigenvalue weighted by Gasteiger charge is 2.12. The van der Waals surface area contributed by atoms with Crippen LogP contribution in [0.4, 0.5) is 0 Å². The van der Waals surface area contributed by atoms with Crippen LogP contribution in [0.1, 0.15) is 23.4 Å². The zero-order valence-electron chi connectivity index (χ0n) is 9.50. The molecule has 1 heterocycles. The van der Waals surface area contributed by atoms with E-state index in [0.29, 0.717) is 17.8 Å². The maximum atomic E-state index is 9.03. The first-order chi connectivity index (χ1) is 8.31. The molecule has 88 valence electrons. The molecule has 1 aromatic carbocycles. The first-order valence-electron chi connectivity index (χ1n) is 5.35. The molecule has 0 bridgehead atoms. The first kappa shape index (κ1) is 11.7. The van der Waals surface area contributed by atoms with Crippen molar-refractivity contribution in [3.05, 3.63) is 47.3 Å². The molecule has 0 aliphatic rings. The van der Waals surface area contributed by atoms with Crippen molar-refractivity contribution >= 4 is 17.4 Å². The van der Waals surface area contributed by atoms with Crippen molar-refractivity contribution in [2.75, 3.05) is 0 Å². The molecule has 0 aliphatic carbocycles. The van der Waals surface area contributed by atoms with Gasteiger partial charge in [0.05, 0.1) is 17.4 Å². The number of oxime groups is 1. The Balaban J connectivity index is 2.06. The molecule has 4 nitrogen and oxygen atoms in total. The Hall–Kier alpha value is -1.75. The van der Waals surface area contributed by atoms with E-state index in [9.17, 15) is 0 Å². The number of benzene rings is 1. The van der Waals surface area contributed by atoms with E-state index in [4.69, 9.17) is 5.21 Å². The molecule has 0 spiro atoms. The van der Waals surface area contributed by atoms with Crippen LogP contribution in [0.5, 0.6) is 0 Å². The average molecular weight is 247 g/mol. The summed E-state index contributed by atoms with van der Waals surface area (Å²) in [5.41, 5.74) is 3.33. The van der Waals surface area contributed by atoms with Crippen LogP contribution in [0.2, 0.25) is 0 Å². The van der Waals surface area contributed by atoms with E-state index in [1.165, 1.54) is 5.56 Å². The molecule has 5 heteroatoms. The monoisotopic (exact) mass is 247 g/mol. The average Bonchev–Trinajstić information content (AvgIpc) is 2.78. The second-order valence-corrected chi connectivity index (χ2v) is 4.26. The van der Waals surface area contributed by atoms with Crippen molar-refractivity contribution < 1.29 is 5.21 Å². The lowest BCUT2D eigenvalue weighted by Crippen LogP contribution is -2.05. The smallest absolute Gasteiger partial charge is 0.125 e. The van der Waals surface area contributed by atoms with Gasteiger partial charge in [-0.1, -0.05) is 35.5 Å². The molecule has 2 aromatic rings. The quantitative estimate of drug-likeness (QED) is 0.513. The SMILES string of the molecule is Cc1nsnc1/C(CCc1ccccc1)=N\O. The molecule has 0 aliphatic heterocycles.